The second kappa shape index (κ2) is 6.82. The zero-order chi connectivity index (χ0) is 17.2. The van der Waals surface area contributed by atoms with Gasteiger partial charge in [-0.3, -0.25) is 14.1 Å². The highest BCUT2D eigenvalue weighted by molar-refractivity contribution is 5.38. The Morgan fingerprint density at radius 2 is 2.24 bits per heavy atom. The summed E-state index contributed by atoms with van der Waals surface area (Å²) < 4.78 is 6.85. The molecule has 1 N–H and O–H groups in total. The van der Waals surface area contributed by atoms with Gasteiger partial charge in [-0.1, -0.05) is 6.07 Å². The minimum atomic E-state index is -0.601. The number of nitrogens with zero attached hydrogens (tertiary/aromatic N) is 3. The van der Waals surface area contributed by atoms with Crippen LogP contribution in [0.25, 0.3) is 5.65 Å². The van der Waals surface area contributed by atoms with E-state index >= 15 is 0 Å². The lowest BCUT2D eigenvalue weighted by Gasteiger charge is -2.25. The Kier molecular flexibility index (Phi) is 4.38. The third kappa shape index (κ3) is 3.36. The largest absolute Gasteiger partial charge is 0.467 e. The summed E-state index contributed by atoms with van der Waals surface area (Å²) in [6.45, 7) is 1.57. The lowest BCUT2D eigenvalue weighted by Crippen LogP contribution is -2.31. The molecule has 3 aromatic rings. The minimum Gasteiger partial charge on any atom is -0.467 e. The van der Waals surface area contributed by atoms with Crippen LogP contribution in [0.2, 0.25) is 0 Å². The number of aliphatic hydroxyl groups excluding tert-OH is 1. The molecule has 4 rings (SSSR count). The standard InChI is InChI=1S/C19H21N3O3/c23-16(17-6-4-10-25-17)12-15-5-3-8-21(15)13-14-11-19(24)22-9-2-1-7-18(22)20-14/h1-2,4,6-7,9-11,15-16,23H,3,5,8,12-13H2. The molecule has 1 saturated heterocycles. The van der Waals surface area contributed by atoms with E-state index in [9.17, 15) is 9.90 Å². The molecule has 0 amide bonds. The Bertz CT molecular complexity index is 904. The van der Waals surface area contributed by atoms with Crippen molar-refractivity contribution in [1.29, 1.82) is 0 Å². The lowest BCUT2D eigenvalue weighted by molar-refractivity contribution is 0.0991. The molecule has 0 bridgehead atoms. The van der Waals surface area contributed by atoms with Crippen molar-refractivity contribution in [3.05, 3.63) is 70.7 Å². The van der Waals surface area contributed by atoms with Crippen LogP contribution in [0.15, 0.2) is 58.1 Å². The topological polar surface area (TPSA) is 71.0 Å². The van der Waals surface area contributed by atoms with E-state index in [1.807, 2.05) is 18.2 Å². The number of aromatic nitrogens is 2. The van der Waals surface area contributed by atoms with Crippen LogP contribution in [0.5, 0.6) is 0 Å². The highest BCUT2D eigenvalue weighted by Gasteiger charge is 2.28. The molecule has 130 valence electrons. The highest BCUT2D eigenvalue weighted by atomic mass is 16.4. The summed E-state index contributed by atoms with van der Waals surface area (Å²) in [6.07, 6.45) is 5.45. The van der Waals surface area contributed by atoms with Crippen molar-refractivity contribution >= 4 is 5.65 Å². The van der Waals surface area contributed by atoms with Gasteiger partial charge in [0, 0.05) is 24.8 Å². The van der Waals surface area contributed by atoms with E-state index in [1.165, 1.54) is 0 Å². The molecule has 0 spiro atoms. The number of hydrogen-bond acceptors (Lipinski definition) is 5. The van der Waals surface area contributed by atoms with Crippen LogP contribution in [0, 0.1) is 0 Å². The number of hydrogen-bond donors (Lipinski definition) is 1. The average molecular weight is 339 g/mol. The molecule has 1 aliphatic heterocycles. The van der Waals surface area contributed by atoms with Gasteiger partial charge in [0.15, 0.2) is 0 Å². The smallest absolute Gasteiger partial charge is 0.258 e. The minimum absolute atomic E-state index is 0.0630. The van der Waals surface area contributed by atoms with Gasteiger partial charge in [0.25, 0.3) is 5.56 Å². The van der Waals surface area contributed by atoms with Crippen LogP contribution >= 0.6 is 0 Å². The first-order valence-corrected chi connectivity index (χ1v) is 8.63. The number of fused-ring (bicyclic) bond motifs is 1. The van der Waals surface area contributed by atoms with Crippen LogP contribution in [0.3, 0.4) is 0 Å². The maximum absolute atomic E-state index is 12.2. The van der Waals surface area contributed by atoms with E-state index in [0.29, 0.717) is 24.4 Å². The maximum Gasteiger partial charge on any atom is 0.258 e. The Labute approximate surface area is 145 Å². The summed E-state index contributed by atoms with van der Waals surface area (Å²) in [5.41, 5.74) is 1.37. The molecule has 25 heavy (non-hydrogen) atoms. The van der Waals surface area contributed by atoms with E-state index in [2.05, 4.69) is 9.88 Å². The summed E-state index contributed by atoms with van der Waals surface area (Å²) in [4.78, 5) is 19.1. The molecule has 1 aliphatic rings. The van der Waals surface area contributed by atoms with Gasteiger partial charge in [-0.2, -0.15) is 0 Å². The first kappa shape index (κ1) is 16.1. The molecule has 0 radical (unpaired) electrons. The van der Waals surface area contributed by atoms with Gasteiger partial charge in [-0.15, -0.1) is 0 Å². The molecule has 2 atom stereocenters. The van der Waals surface area contributed by atoms with Crippen molar-refractivity contribution in [1.82, 2.24) is 14.3 Å². The van der Waals surface area contributed by atoms with Crippen molar-refractivity contribution in [2.75, 3.05) is 6.54 Å². The number of pyridine rings is 1. The fourth-order valence-electron chi connectivity index (χ4n) is 3.62. The fourth-order valence-corrected chi connectivity index (χ4v) is 3.62. The van der Waals surface area contributed by atoms with E-state index < -0.39 is 6.10 Å². The number of likely N-dealkylation sites (tertiary alicyclic amines) is 1. The summed E-state index contributed by atoms with van der Waals surface area (Å²) >= 11 is 0. The van der Waals surface area contributed by atoms with Crippen molar-refractivity contribution in [2.45, 2.75) is 38.0 Å². The molecular weight excluding hydrogens is 318 g/mol. The summed E-state index contributed by atoms with van der Waals surface area (Å²) in [6, 6.07) is 11.0. The van der Waals surface area contributed by atoms with Gasteiger partial charge in [-0.25, -0.2) is 4.98 Å². The Morgan fingerprint density at radius 1 is 1.32 bits per heavy atom. The Balaban J connectivity index is 1.50. The van der Waals surface area contributed by atoms with Crippen molar-refractivity contribution in [3.8, 4) is 0 Å². The van der Waals surface area contributed by atoms with Crippen LogP contribution in [0.1, 0.15) is 36.8 Å². The molecule has 3 aromatic heterocycles. The molecule has 0 aromatic carbocycles. The lowest BCUT2D eigenvalue weighted by atomic mass is 10.1. The van der Waals surface area contributed by atoms with Gasteiger partial charge in [0.05, 0.1) is 12.0 Å². The van der Waals surface area contributed by atoms with Crippen LogP contribution in [-0.2, 0) is 6.54 Å². The van der Waals surface area contributed by atoms with Crippen LogP contribution in [-0.4, -0.2) is 32.0 Å². The predicted molar refractivity (Wildman–Crippen MR) is 93.2 cm³/mol. The predicted octanol–water partition coefficient (Wildman–Crippen LogP) is 2.38. The van der Waals surface area contributed by atoms with Crippen molar-refractivity contribution < 1.29 is 9.52 Å². The fraction of sp³-hybridized carbons (Fsp3) is 0.368. The second-order valence-corrected chi connectivity index (χ2v) is 6.55. The monoisotopic (exact) mass is 339 g/mol. The molecular formula is C19H21N3O3. The zero-order valence-electron chi connectivity index (χ0n) is 13.9. The van der Waals surface area contributed by atoms with Gasteiger partial charge >= 0.3 is 0 Å². The van der Waals surface area contributed by atoms with E-state index in [4.69, 9.17) is 4.42 Å². The van der Waals surface area contributed by atoms with Gasteiger partial charge < -0.3 is 9.52 Å². The molecule has 0 aliphatic carbocycles. The third-order valence-corrected chi connectivity index (χ3v) is 4.86. The Morgan fingerprint density at radius 3 is 3.08 bits per heavy atom. The first-order valence-electron chi connectivity index (χ1n) is 8.63. The molecule has 2 unspecified atom stereocenters. The van der Waals surface area contributed by atoms with Crippen LogP contribution < -0.4 is 5.56 Å². The molecule has 4 heterocycles. The third-order valence-electron chi connectivity index (χ3n) is 4.86. The van der Waals surface area contributed by atoms with Gasteiger partial charge in [0.1, 0.15) is 17.5 Å². The number of aliphatic hydroxyl groups is 1. The maximum atomic E-state index is 12.2. The van der Waals surface area contributed by atoms with E-state index in [0.717, 1.165) is 25.1 Å². The van der Waals surface area contributed by atoms with Crippen LogP contribution in [0.4, 0.5) is 0 Å². The van der Waals surface area contributed by atoms with Crippen molar-refractivity contribution in [2.24, 2.45) is 0 Å². The highest BCUT2D eigenvalue weighted by Crippen LogP contribution is 2.28. The van der Waals surface area contributed by atoms with Gasteiger partial charge in [-0.05, 0) is 50.1 Å². The zero-order valence-corrected chi connectivity index (χ0v) is 13.9. The summed E-state index contributed by atoms with van der Waals surface area (Å²) in [5.74, 6) is 0.605. The number of rotatable bonds is 5. The summed E-state index contributed by atoms with van der Waals surface area (Å²) in [5, 5.41) is 10.3. The van der Waals surface area contributed by atoms with Gasteiger partial charge in [0.2, 0.25) is 0 Å². The Hall–Kier alpha value is -2.44. The molecule has 1 fully saturated rings. The molecule has 6 heteroatoms. The average Bonchev–Trinajstić information content (AvgIpc) is 3.27. The first-order chi connectivity index (χ1) is 12.2. The normalized spacial score (nSPS) is 19.5. The van der Waals surface area contributed by atoms with E-state index in [-0.39, 0.29) is 11.6 Å². The number of furan rings is 1. The van der Waals surface area contributed by atoms with Crippen molar-refractivity contribution in [3.63, 3.8) is 0 Å². The summed E-state index contributed by atoms with van der Waals surface area (Å²) in [7, 11) is 0. The van der Waals surface area contributed by atoms with E-state index in [1.54, 1.807) is 35.1 Å². The quantitative estimate of drug-likeness (QED) is 0.773. The second-order valence-electron chi connectivity index (χ2n) is 6.55. The SMILES string of the molecule is O=c1cc(CN2CCCC2CC(O)c2ccco2)nc2ccccn12. The molecule has 6 nitrogen and oxygen atoms in total. The molecule has 0 saturated carbocycles.